The number of hydrogen-bond donors (Lipinski definition) is 1. The molecule has 0 saturated heterocycles. The molecule has 0 unspecified atom stereocenters. The number of nitrogens with zero attached hydrogens (tertiary/aromatic N) is 4. The first-order chi connectivity index (χ1) is 9.28. The summed E-state index contributed by atoms with van der Waals surface area (Å²) in [6.45, 7) is 2.58. The van der Waals surface area contributed by atoms with Crippen LogP contribution in [0.4, 0.5) is 0 Å². The third-order valence-electron chi connectivity index (χ3n) is 3.06. The maximum Gasteiger partial charge on any atom is 0.169 e. The Morgan fingerprint density at radius 3 is 2.95 bits per heavy atom. The normalized spacial score (nSPS) is 11.1. The number of fused-ring (bicyclic) bond motifs is 1. The lowest BCUT2D eigenvalue weighted by atomic mass is 10.1. The summed E-state index contributed by atoms with van der Waals surface area (Å²) in [6, 6.07) is 10.1. The van der Waals surface area contributed by atoms with Gasteiger partial charge in [-0.15, -0.1) is 10.2 Å². The highest BCUT2D eigenvalue weighted by molar-refractivity contribution is 5.60. The Morgan fingerprint density at radius 1 is 1.21 bits per heavy atom. The van der Waals surface area contributed by atoms with Crippen molar-refractivity contribution in [3.8, 4) is 11.4 Å². The standard InChI is InChI=1S/C14H15N5/c1-10-7-13-17-18-14(19(13)9-16-10)12-4-2-3-11(8-12)5-6-15/h2-4,7-9H,5-6,15H2,1H3. The summed E-state index contributed by atoms with van der Waals surface area (Å²) in [6.07, 6.45) is 2.62. The molecule has 0 saturated carbocycles. The van der Waals surface area contributed by atoms with Crippen LogP contribution in [-0.2, 0) is 6.42 Å². The van der Waals surface area contributed by atoms with Crippen LogP contribution in [0.15, 0.2) is 36.7 Å². The molecule has 0 spiro atoms. The predicted octanol–water partition coefficient (Wildman–Crippen LogP) is 1.60. The number of hydrogen-bond acceptors (Lipinski definition) is 4. The number of aryl methyl sites for hydroxylation is 1. The second-order valence-electron chi connectivity index (χ2n) is 4.52. The fourth-order valence-electron chi connectivity index (χ4n) is 2.12. The SMILES string of the molecule is Cc1cc2nnc(-c3cccc(CCN)c3)n2cn1. The third kappa shape index (κ3) is 2.20. The zero-order valence-corrected chi connectivity index (χ0v) is 10.7. The van der Waals surface area contributed by atoms with Gasteiger partial charge in [0.05, 0.1) is 0 Å². The number of rotatable bonds is 3. The Morgan fingerprint density at radius 2 is 2.11 bits per heavy atom. The van der Waals surface area contributed by atoms with E-state index in [-0.39, 0.29) is 0 Å². The molecule has 2 aromatic heterocycles. The van der Waals surface area contributed by atoms with E-state index in [0.717, 1.165) is 29.1 Å². The van der Waals surface area contributed by atoms with E-state index in [0.29, 0.717) is 6.54 Å². The second kappa shape index (κ2) is 4.78. The Kier molecular flexibility index (Phi) is 2.97. The highest BCUT2D eigenvalue weighted by Gasteiger charge is 2.08. The molecule has 1 aromatic carbocycles. The molecular formula is C14H15N5. The first-order valence-electron chi connectivity index (χ1n) is 6.24. The number of nitrogens with two attached hydrogens (primary N) is 1. The molecule has 0 amide bonds. The van der Waals surface area contributed by atoms with Crippen molar-refractivity contribution in [1.82, 2.24) is 19.6 Å². The molecule has 0 aliphatic rings. The molecular weight excluding hydrogens is 238 g/mol. The maximum absolute atomic E-state index is 5.59. The summed E-state index contributed by atoms with van der Waals surface area (Å²) in [4.78, 5) is 4.29. The van der Waals surface area contributed by atoms with Gasteiger partial charge in [0.2, 0.25) is 0 Å². The molecule has 0 atom stereocenters. The highest BCUT2D eigenvalue weighted by atomic mass is 15.3. The van der Waals surface area contributed by atoms with E-state index in [1.54, 1.807) is 6.33 Å². The van der Waals surface area contributed by atoms with Crippen molar-refractivity contribution in [1.29, 1.82) is 0 Å². The van der Waals surface area contributed by atoms with Crippen LogP contribution in [0.1, 0.15) is 11.3 Å². The van der Waals surface area contributed by atoms with Crippen LogP contribution >= 0.6 is 0 Å². The molecule has 5 nitrogen and oxygen atoms in total. The monoisotopic (exact) mass is 253 g/mol. The predicted molar refractivity (Wildman–Crippen MR) is 73.7 cm³/mol. The lowest BCUT2D eigenvalue weighted by molar-refractivity contribution is 0.967. The Labute approximate surface area is 111 Å². The van der Waals surface area contributed by atoms with Crippen LogP contribution in [0.25, 0.3) is 17.0 Å². The maximum atomic E-state index is 5.59. The van der Waals surface area contributed by atoms with Gasteiger partial charge in [-0.05, 0) is 31.5 Å². The van der Waals surface area contributed by atoms with Crippen molar-refractivity contribution in [3.05, 3.63) is 47.9 Å². The summed E-state index contributed by atoms with van der Waals surface area (Å²) >= 11 is 0. The van der Waals surface area contributed by atoms with Gasteiger partial charge in [0.25, 0.3) is 0 Å². The van der Waals surface area contributed by atoms with Crippen LogP contribution in [-0.4, -0.2) is 26.1 Å². The van der Waals surface area contributed by atoms with Crippen molar-refractivity contribution in [2.75, 3.05) is 6.54 Å². The molecule has 0 aliphatic carbocycles. The van der Waals surface area contributed by atoms with E-state index < -0.39 is 0 Å². The van der Waals surface area contributed by atoms with Crippen LogP contribution in [0.3, 0.4) is 0 Å². The molecule has 5 heteroatoms. The van der Waals surface area contributed by atoms with Gasteiger partial charge in [-0.25, -0.2) is 4.98 Å². The van der Waals surface area contributed by atoms with Crippen molar-refractivity contribution in [2.45, 2.75) is 13.3 Å². The second-order valence-corrected chi connectivity index (χ2v) is 4.52. The van der Waals surface area contributed by atoms with Crippen LogP contribution in [0.2, 0.25) is 0 Å². The topological polar surface area (TPSA) is 69.1 Å². The summed E-state index contributed by atoms with van der Waals surface area (Å²) in [5.41, 5.74) is 9.58. The number of benzene rings is 1. The molecule has 19 heavy (non-hydrogen) atoms. The average Bonchev–Trinajstić information content (AvgIpc) is 2.82. The van der Waals surface area contributed by atoms with E-state index in [1.165, 1.54) is 5.56 Å². The minimum Gasteiger partial charge on any atom is -0.330 e. The molecule has 0 radical (unpaired) electrons. The summed E-state index contributed by atoms with van der Waals surface area (Å²) < 4.78 is 1.90. The Hall–Kier alpha value is -2.27. The van der Waals surface area contributed by atoms with Gasteiger partial charge in [-0.2, -0.15) is 0 Å². The largest absolute Gasteiger partial charge is 0.330 e. The van der Waals surface area contributed by atoms with Gasteiger partial charge in [-0.3, -0.25) is 4.40 Å². The summed E-state index contributed by atoms with van der Waals surface area (Å²) in [5, 5.41) is 8.43. The van der Waals surface area contributed by atoms with Gasteiger partial charge in [0, 0.05) is 17.3 Å². The molecule has 3 rings (SSSR count). The van der Waals surface area contributed by atoms with Crippen LogP contribution < -0.4 is 5.73 Å². The summed E-state index contributed by atoms with van der Waals surface area (Å²) in [5.74, 6) is 0.807. The lowest BCUT2D eigenvalue weighted by Gasteiger charge is -2.03. The molecule has 2 heterocycles. The third-order valence-corrected chi connectivity index (χ3v) is 3.06. The highest BCUT2D eigenvalue weighted by Crippen LogP contribution is 2.19. The van der Waals surface area contributed by atoms with Crippen molar-refractivity contribution < 1.29 is 0 Å². The van der Waals surface area contributed by atoms with E-state index in [1.807, 2.05) is 29.5 Å². The fourth-order valence-corrected chi connectivity index (χ4v) is 2.12. The summed E-state index contributed by atoms with van der Waals surface area (Å²) in [7, 11) is 0. The van der Waals surface area contributed by atoms with Gasteiger partial charge >= 0.3 is 0 Å². The zero-order valence-electron chi connectivity index (χ0n) is 10.7. The van der Waals surface area contributed by atoms with Crippen LogP contribution in [0, 0.1) is 6.92 Å². The minimum atomic E-state index is 0.644. The van der Waals surface area contributed by atoms with E-state index >= 15 is 0 Å². The minimum absolute atomic E-state index is 0.644. The fraction of sp³-hybridized carbons (Fsp3) is 0.214. The average molecular weight is 253 g/mol. The van der Waals surface area contributed by atoms with Crippen molar-refractivity contribution >= 4 is 5.65 Å². The first kappa shape index (κ1) is 11.8. The van der Waals surface area contributed by atoms with Crippen molar-refractivity contribution in [2.24, 2.45) is 5.73 Å². The smallest absolute Gasteiger partial charge is 0.169 e. The van der Waals surface area contributed by atoms with Gasteiger partial charge in [0.1, 0.15) is 6.33 Å². The molecule has 0 aliphatic heterocycles. The molecule has 0 bridgehead atoms. The van der Waals surface area contributed by atoms with Crippen LogP contribution in [0.5, 0.6) is 0 Å². The van der Waals surface area contributed by atoms with Gasteiger partial charge in [0.15, 0.2) is 11.5 Å². The van der Waals surface area contributed by atoms with E-state index in [9.17, 15) is 0 Å². The molecule has 96 valence electrons. The number of aromatic nitrogens is 4. The Bertz CT molecular complexity index is 717. The first-order valence-corrected chi connectivity index (χ1v) is 6.24. The molecule has 0 fully saturated rings. The van der Waals surface area contributed by atoms with Gasteiger partial charge in [-0.1, -0.05) is 18.2 Å². The van der Waals surface area contributed by atoms with E-state index in [2.05, 4.69) is 27.3 Å². The quantitative estimate of drug-likeness (QED) is 0.769. The lowest BCUT2D eigenvalue weighted by Crippen LogP contribution is -2.02. The van der Waals surface area contributed by atoms with E-state index in [4.69, 9.17) is 5.73 Å². The van der Waals surface area contributed by atoms with Crippen molar-refractivity contribution in [3.63, 3.8) is 0 Å². The molecule has 2 N–H and O–H groups in total. The zero-order chi connectivity index (χ0) is 13.2. The Balaban J connectivity index is 2.11. The molecule has 3 aromatic rings. The van der Waals surface area contributed by atoms with Gasteiger partial charge < -0.3 is 5.73 Å².